The zero-order valence-corrected chi connectivity index (χ0v) is 14.5. The average molecular weight is 338 g/mol. The zero-order chi connectivity index (χ0) is 17.3. The van der Waals surface area contributed by atoms with Gasteiger partial charge >= 0.3 is 0 Å². The number of aryl methyl sites for hydroxylation is 1. The molecular weight excluding hydrogens is 318 g/mol. The maximum Gasteiger partial charge on any atom is 0.216 e. The van der Waals surface area contributed by atoms with Gasteiger partial charge in [0, 0.05) is 19.1 Å². The molecule has 1 aliphatic heterocycles. The van der Waals surface area contributed by atoms with E-state index in [4.69, 9.17) is 0 Å². The summed E-state index contributed by atoms with van der Waals surface area (Å²) >= 11 is 4.42. The molecule has 0 amide bonds. The van der Waals surface area contributed by atoms with E-state index in [1.807, 2.05) is 66.2 Å². The summed E-state index contributed by atoms with van der Waals surface area (Å²) in [6.07, 6.45) is 1.94. The first-order chi connectivity index (χ1) is 11.5. The Morgan fingerprint density at radius 3 is 2.50 bits per heavy atom. The Kier molecular flexibility index (Phi) is 4.35. The van der Waals surface area contributed by atoms with E-state index in [1.54, 1.807) is 6.92 Å². The molecule has 0 spiro atoms. The molecule has 2 N–H and O–H groups in total. The number of aliphatic hydroxyl groups is 1. The van der Waals surface area contributed by atoms with Crippen LogP contribution in [0.5, 0.6) is 0 Å². The Morgan fingerprint density at radius 1 is 1.21 bits per heavy atom. The van der Waals surface area contributed by atoms with Crippen molar-refractivity contribution in [1.29, 1.82) is 5.26 Å². The second-order valence-electron chi connectivity index (χ2n) is 6.23. The highest BCUT2D eigenvalue weighted by atomic mass is 32.1. The van der Waals surface area contributed by atoms with Crippen molar-refractivity contribution in [1.82, 2.24) is 5.32 Å². The summed E-state index contributed by atoms with van der Waals surface area (Å²) in [5.74, 6) is -0.300. The van der Waals surface area contributed by atoms with Gasteiger partial charge in [-0.2, -0.15) is 9.83 Å². The molecule has 0 aliphatic carbocycles. The van der Waals surface area contributed by atoms with Gasteiger partial charge < -0.3 is 10.4 Å². The Balaban J connectivity index is 2.27. The van der Waals surface area contributed by atoms with Crippen molar-refractivity contribution in [2.24, 2.45) is 0 Å². The molecule has 1 aromatic carbocycles. The fourth-order valence-corrected chi connectivity index (χ4v) is 3.84. The molecule has 0 radical (unpaired) electrons. The lowest BCUT2D eigenvalue weighted by Crippen LogP contribution is -2.63. The Hall–Kier alpha value is -2.29. The monoisotopic (exact) mass is 338 g/mol. The molecule has 0 saturated carbocycles. The van der Waals surface area contributed by atoms with E-state index in [1.165, 1.54) is 0 Å². The van der Waals surface area contributed by atoms with Crippen LogP contribution in [0.15, 0.2) is 65.3 Å². The number of nitriles is 1. The molecule has 2 aromatic rings. The van der Waals surface area contributed by atoms with Crippen molar-refractivity contribution in [2.45, 2.75) is 31.5 Å². The van der Waals surface area contributed by atoms with Gasteiger partial charge in [-0.25, -0.2) is 0 Å². The standard InChI is InChI=1S/C19H19N3OS/c1-13-8-6-7-11-22(13)17-16(14-9-4-3-5-10-14)15(12-20)18(24)21-19(17,2)23/h3-11,16-17,21,23H,1-2H3/p+1. The predicted molar refractivity (Wildman–Crippen MR) is 95.0 cm³/mol. The van der Waals surface area contributed by atoms with Crippen molar-refractivity contribution < 1.29 is 9.67 Å². The fraction of sp³-hybridized carbons (Fsp3) is 0.263. The lowest BCUT2D eigenvalue weighted by Gasteiger charge is -2.40. The van der Waals surface area contributed by atoms with Gasteiger partial charge in [-0.3, -0.25) is 0 Å². The summed E-state index contributed by atoms with van der Waals surface area (Å²) in [5.41, 5.74) is 1.25. The normalized spacial score (nSPS) is 26.6. The van der Waals surface area contributed by atoms with Gasteiger partial charge in [0.25, 0.3) is 0 Å². The molecule has 0 saturated heterocycles. The number of nitrogens with one attached hydrogen (secondary N) is 1. The van der Waals surface area contributed by atoms with Crippen LogP contribution < -0.4 is 9.88 Å². The van der Waals surface area contributed by atoms with Crippen molar-refractivity contribution in [3.63, 3.8) is 0 Å². The second-order valence-corrected chi connectivity index (χ2v) is 6.68. The van der Waals surface area contributed by atoms with Crippen LogP contribution in [0.1, 0.15) is 30.1 Å². The number of hydrogen-bond acceptors (Lipinski definition) is 4. The van der Waals surface area contributed by atoms with Crippen LogP contribution in [0.2, 0.25) is 0 Å². The zero-order valence-electron chi connectivity index (χ0n) is 13.6. The maximum absolute atomic E-state index is 11.1. The molecule has 3 unspecified atom stereocenters. The summed E-state index contributed by atoms with van der Waals surface area (Å²) in [7, 11) is 0. The fourth-order valence-electron chi connectivity index (χ4n) is 3.43. The molecule has 5 heteroatoms. The number of thiol groups is 1. The first-order valence-corrected chi connectivity index (χ1v) is 8.26. The number of allylic oxidation sites excluding steroid dienone is 1. The Labute approximate surface area is 147 Å². The number of rotatable bonds is 2. The second kappa shape index (κ2) is 6.31. The number of hydrogen-bond donors (Lipinski definition) is 3. The molecule has 1 aliphatic rings. The van der Waals surface area contributed by atoms with Gasteiger partial charge in [0.15, 0.2) is 17.6 Å². The highest BCUT2D eigenvalue weighted by molar-refractivity contribution is 7.84. The van der Waals surface area contributed by atoms with Crippen molar-refractivity contribution in [2.75, 3.05) is 0 Å². The summed E-state index contributed by atoms with van der Waals surface area (Å²) in [6.45, 7) is 3.71. The van der Waals surface area contributed by atoms with Crippen LogP contribution >= 0.6 is 12.6 Å². The Bertz CT molecular complexity index is 824. The minimum Gasteiger partial charge on any atom is -0.366 e. The molecule has 2 heterocycles. The summed E-state index contributed by atoms with van der Waals surface area (Å²) in [6, 6.07) is 17.6. The third kappa shape index (κ3) is 2.79. The molecular formula is C19H20N3OS+. The molecule has 0 fully saturated rings. The summed E-state index contributed by atoms with van der Waals surface area (Å²) in [4.78, 5) is 0. The van der Waals surface area contributed by atoms with Gasteiger partial charge in [0.2, 0.25) is 6.04 Å². The van der Waals surface area contributed by atoms with E-state index in [0.717, 1.165) is 11.3 Å². The highest BCUT2D eigenvalue weighted by Crippen LogP contribution is 2.43. The lowest BCUT2D eigenvalue weighted by molar-refractivity contribution is -0.746. The van der Waals surface area contributed by atoms with Gasteiger partial charge in [-0.15, -0.1) is 12.6 Å². The summed E-state index contributed by atoms with van der Waals surface area (Å²) in [5, 5.41) is 24.2. The minimum atomic E-state index is -1.26. The quantitative estimate of drug-likeness (QED) is 0.583. The van der Waals surface area contributed by atoms with Crippen LogP contribution in [0.4, 0.5) is 0 Å². The molecule has 24 heavy (non-hydrogen) atoms. The van der Waals surface area contributed by atoms with Crippen molar-refractivity contribution in [3.05, 3.63) is 76.6 Å². The van der Waals surface area contributed by atoms with Crippen LogP contribution in [-0.2, 0) is 0 Å². The van der Waals surface area contributed by atoms with Crippen LogP contribution in [0.3, 0.4) is 0 Å². The molecule has 122 valence electrons. The molecule has 1 aromatic heterocycles. The third-order valence-corrected chi connectivity index (χ3v) is 4.86. The predicted octanol–water partition coefficient (Wildman–Crippen LogP) is 2.58. The number of benzene rings is 1. The SMILES string of the molecule is Cc1cccc[n+]1C1C(c2ccccc2)C(C#N)=C(S)NC1(C)O. The van der Waals surface area contributed by atoms with Gasteiger partial charge in [-0.1, -0.05) is 36.4 Å². The third-order valence-electron chi connectivity index (χ3n) is 4.51. The lowest BCUT2D eigenvalue weighted by atomic mass is 9.78. The topological polar surface area (TPSA) is 59.9 Å². The molecule has 3 atom stereocenters. The van der Waals surface area contributed by atoms with Crippen molar-refractivity contribution in [3.8, 4) is 6.07 Å². The first-order valence-electron chi connectivity index (χ1n) is 7.81. The van der Waals surface area contributed by atoms with Gasteiger partial charge in [-0.05, 0) is 12.5 Å². The first kappa shape index (κ1) is 16.6. The van der Waals surface area contributed by atoms with Gasteiger partial charge in [0.05, 0.1) is 22.6 Å². The van der Waals surface area contributed by atoms with E-state index in [0.29, 0.717) is 10.6 Å². The average Bonchev–Trinajstić information content (AvgIpc) is 2.55. The largest absolute Gasteiger partial charge is 0.366 e. The van der Waals surface area contributed by atoms with Crippen molar-refractivity contribution >= 4 is 12.6 Å². The van der Waals surface area contributed by atoms with E-state index < -0.39 is 5.72 Å². The van der Waals surface area contributed by atoms with E-state index >= 15 is 0 Å². The molecule has 0 bridgehead atoms. The number of aromatic nitrogens is 1. The minimum absolute atomic E-state index is 0.300. The van der Waals surface area contributed by atoms with E-state index in [9.17, 15) is 10.4 Å². The van der Waals surface area contributed by atoms with Crippen LogP contribution in [0, 0.1) is 18.3 Å². The highest BCUT2D eigenvalue weighted by Gasteiger charge is 2.52. The smallest absolute Gasteiger partial charge is 0.216 e. The van der Waals surface area contributed by atoms with Crippen LogP contribution in [0.25, 0.3) is 0 Å². The summed E-state index contributed by atoms with van der Waals surface area (Å²) < 4.78 is 2.02. The van der Waals surface area contributed by atoms with Crippen LogP contribution in [-0.4, -0.2) is 10.8 Å². The number of nitrogens with zero attached hydrogens (tertiary/aromatic N) is 2. The Morgan fingerprint density at radius 2 is 1.88 bits per heavy atom. The number of pyridine rings is 1. The van der Waals surface area contributed by atoms with E-state index in [2.05, 4.69) is 24.0 Å². The molecule has 4 nitrogen and oxygen atoms in total. The maximum atomic E-state index is 11.1. The van der Waals surface area contributed by atoms with Gasteiger partial charge in [0.1, 0.15) is 0 Å². The van der Waals surface area contributed by atoms with E-state index in [-0.39, 0.29) is 12.0 Å². The molecule has 3 rings (SSSR count).